The third kappa shape index (κ3) is 13.0. The van der Waals surface area contributed by atoms with E-state index in [-0.39, 0.29) is 37.4 Å². The van der Waals surface area contributed by atoms with Gasteiger partial charge in [-0.15, -0.1) is 0 Å². The Bertz CT molecular complexity index is 2190. The molecular formula is C48H58N6O5. The van der Waals surface area contributed by atoms with Gasteiger partial charge in [0.05, 0.1) is 6.04 Å². The van der Waals surface area contributed by atoms with Crippen molar-refractivity contribution in [2.24, 2.45) is 11.5 Å². The summed E-state index contributed by atoms with van der Waals surface area (Å²) in [5.74, 6) is -1.99. The van der Waals surface area contributed by atoms with Crippen LogP contribution < -0.4 is 27.4 Å². The monoisotopic (exact) mass is 798 g/mol. The molecule has 5 rings (SSSR count). The third-order valence-electron chi connectivity index (χ3n) is 10.8. The fourth-order valence-electron chi connectivity index (χ4n) is 7.36. The molecule has 0 aliphatic rings. The molecule has 5 aromatic carbocycles. The molecule has 0 spiro atoms. The van der Waals surface area contributed by atoms with Crippen LogP contribution in [0.1, 0.15) is 62.1 Å². The summed E-state index contributed by atoms with van der Waals surface area (Å²) in [5.41, 5.74) is 13.8. The van der Waals surface area contributed by atoms with Crippen molar-refractivity contribution in [3.63, 3.8) is 0 Å². The second-order valence-electron chi connectivity index (χ2n) is 15.3. The summed E-state index contributed by atoms with van der Waals surface area (Å²) in [6, 6.07) is 33.1. The molecule has 5 aromatic rings. The van der Waals surface area contributed by atoms with Crippen molar-refractivity contribution >= 4 is 51.0 Å². The van der Waals surface area contributed by atoms with Gasteiger partial charge in [0.2, 0.25) is 23.6 Å². The highest BCUT2D eigenvalue weighted by Gasteiger charge is 2.35. The number of hydrogen-bond acceptors (Lipinski definition) is 7. The number of amides is 4. The maximum atomic E-state index is 14.8. The Morgan fingerprint density at radius 3 is 1.66 bits per heavy atom. The number of nitrogens with zero attached hydrogens (tertiary/aromatic N) is 1. The molecule has 59 heavy (non-hydrogen) atoms. The molecule has 0 aliphatic heterocycles. The van der Waals surface area contributed by atoms with E-state index in [0.717, 1.165) is 38.2 Å². The molecule has 0 bridgehead atoms. The van der Waals surface area contributed by atoms with Crippen LogP contribution in [-0.4, -0.2) is 78.6 Å². The van der Waals surface area contributed by atoms with E-state index in [1.807, 2.05) is 115 Å². The first kappa shape index (κ1) is 44.2. The van der Waals surface area contributed by atoms with Gasteiger partial charge in [0.25, 0.3) is 0 Å². The van der Waals surface area contributed by atoms with Crippen LogP contribution in [0, 0.1) is 0 Å². The van der Waals surface area contributed by atoms with Crippen LogP contribution in [0.2, 0.25) is 0 Å². The first-order valence-electron chi connectivity index (χ1n) is 20.6. The lowest BCUT2D eigenvalue weighted by Gasteiger charge is -2.32. The van der Waals surface area contributed by atoms with E-state index in [1.54, 1.807) is 7.05 Å². The van der Waals surface area contributed by atoms with E-state index in [9.17, 15) is 24.0 Å². The molecule has 0 heterocycles. The molecule has 4 atom stereocenters. The molecule has 4 unspecified atom stereocenters. The summed E-state index contributed by atoms with van der Waals surface area (Å²) in [5, 5.41) is 12.9. The molecule has 4 amide bonds. The van der Waals surface area contributed by atoms with Crippen molar-refractivity contribution in [2.45, 2.75) is 88.9 Å². The van der Waals surface area contributed by atoms with Crippen molar-refractivity contribution in [1.82, 2.24) is 20.9 Å². The SMILES string of the molecule is CC(=O)C(CCCCN)NC(=O)C(Cc1ccccc1)NC(=O)C(Cc1ccc2ccccc2c1)N(C)C(=O)C(Cc1ccc2ccccc2c1)NC(=O)CCCCN. The van der Waals surface area contributed by atoms with Crippen LogP contribution in [0.3, 0.4) is 0 Å². The van der Waals surface area contributed by atoms with E-state index in [0.29, 0.717) is 45.2 Å². The van der Waals surface area contributed by atoms with Gasteiger partial charge < -0.3 is 32.3 Å². The highest BCUT2D eigenvalue weighted by atomic mass is 16.2. The number of rotatable bonds is 22. The van der Waals surface area contributed by atoms with Crippen LogP contribution in [-0.2, 0) is 43.2 Å². The minimum atomic E-state index is -1.09. The molecular weight excluding hydrogens is 741 g/mol. The molecule has 0 aliphatic carbocycles. The minimum absolute atomic E-state index is 0.126. The first-order valence-corrected chi connectivity index (χ1v) is 20.6. The van der Waals surface area contributed by atoms with Crippen LogP contribution in [0.25, 0.3) is 21.5 Å². The van der Waals surface area contributed by atoms with Crippen LogP contribution >= 0.6 is 0 Å². The van der Waals surface area contributed by atoms with Crippen molar-refractivity contribution in [2.75, 3.05) is 20.1 Å². The molecule has 7 N–H and O–H groups in total. The van der Waals surface area contributed by atoms with E-state index in [4.69, 9.17) is 11.5 Å². The Morgan fingerprint density at radius 1 is 0.542 bits per heavy atom. The zero-order valence-corrected chi connectivity index (χ0v) is 34.2. The Kier molecular flexibility index (Phi) is 16.7. The van der Waals surface area contributed by atoms with E-state index >= 15 is 0 Å². The molecule has 310 valence electrons. The Balaban J connectivity index is 1.48. The number of fused-ring (bicyclic) bond motifs is 2. The van der Waals surface area contributed by atoms with E-state index in [2.05, 4.69) is 16.0 Å². The van der Waals surface area contributed by atoms with Gasteiger partial charge in [-0.05, 0) is 90.4 Å². The molecule has 0 radical (unpaired) electrons. The Labute approximate surface area is 347 Å². The third-order valence-corrected chi connectivity index (χ3v) is 10.8. The lowest BCUT2D eigenvalue weighted by molar-refractivity contribution is -0.142. The number of benzene rings is 5. The Hall–Kier alpha value is -5.91. The topological polar surface area (TPSA) is 177 Å². The van der Waals surface area contributed by atoms with Gasteiger partial charge in [-0.2, -0.15) is 0 Å². The summed E-state index contributed by atoms with van der Waals surface area (Å²) >= 11 is 0. The molecule has 11 nitrogen and oxygen atoms in total. The zero-order valence-electron chi connectivity index (χ0n) is 34.2. The highest BCUT2D eigenvalue weighted by molar-refractivity contribution is 5.96. The zero-order chi connectivity index (χ0) is 42.1. The second-order valence-corrected chi connectivity index (χ2v) is 15.3. The molecule has 0 aromatic heterocycles. The van der Waals surface area contributed by atoms with Crippen LogP contribution in [0.5, 0.6) is 0 Å². The van der Waals surface area contributed by atoms with Gasteiger partial charge in [-0.25, -0.2) is 0 Å². The molecule has 0 saturated heterocycles. The Morgan fingerprint density at radius 2 is 1.07 bits per heavy atom. The number of hydrogen-bond donors (Lipinski definition) is 5. The molecule has 11 heteroatoms. The normalized spacial score (nSPS) is 13.2. The summed E-state index contributed by atoms with van der Waals surface area (Å²) in [6.45, 7) is 2.36. The van der Waals surface area contributed by atoms with Gasteiger partial charge in [-0.1, -0.05) is 115 Å². The summed E-state index contributed by atoms with van der Waals surface area (Å²) in [7, 11) is 1.57. The average Bonchev–Trinajstić information content (AvgIpc) is 3.24. The number of nitrogens with two attached hydrogens (primary N) is 2. The first-order chi connectivity index (χ1) is 28.6. The number of carbonyl (C=O) groups excluding carboxylic acids is 5. The number of nitrogens with one attached hydrogen (secondary N) is 3. The van der Waals surface area contributed by atoms with Crippen molar-refractivity contribution in [3.05, 3.63) is 132 Å². The fourth-order valence-corrected chi connectivity index (χ4v) is 7.36. The maximum Gasteiger partial charge on any atom is 0.245 e. The summed E-state index contributed by atoms with van der Waals surface area (Å²) < 4.78 is 0. The second kappa shape index (κ2) is 22.3. The van der Waals surface area contributed by atoms with E-state index in [1.165, 1.54) is 11.8 Å². The molecule has 0 saturated carbocycles. The smallest absolute Gasteiger partial charge is 0.245 e. The van der Waals surface area contributed by atoms with Gasteiger partial charge in [0.15, 0.2) is 5.78 Å². The summed E-state index contributed by atoms with van der Waals surface area (Å²) in [4.78, 5) is 70.9. The standard InChI is InChI=1S/C48H58N6O5/c1-33(55)41(20-10-12-26-49)52-46(57)42(30-34-14-4-3-5-15-34)53-47(58)44(32-36-23-25-38-17-7-9-19-40(38)29-36)54(2)48(59)43(51-45(56)21-11-13-27-50)31-35-22-24-37-16-6-8-18-39(37)28-35/h3-9,14-19,22-25,28-29,41-44H,10-13,20-21,26-27,30-32,49-50H2,1-2H3,(H,51,56)(H,52,57)(H,53,58). The van der Waals surface area contributed by atoms with E-state index < -0.39 is 41.9 Å². The number of unbranched alkanes of at least 4 members (excludes halogenated alkanes) is 2. The van der Waals surface area contributed by atoms with Crippen molar-refractivity contribution < 1.29 is 24.0 Å². The largest absolute Gasteiger partial charge is 0.345 e. The van der Waals surface area contributed by atoms with Crippen molar-refractivity contribution in [1.29, 1.82) is 0 Å². The lowest BCUT2D eigenvalue weighted by Crippen LogP contribution is -2.59. The van der Waals surface area contributed by atoms with Gasteiger partial charge >= 0.3 is 0 Å². The average molecular weight is 799 g/mol. The molecule has 0 fully saturated rings. The van der Waals surface area contributed by atoms with Crippen LogP contribution in [0.15, 0.2) is 115 Å². The quantitative estimate of drug-likeness (QED) is 0.0602. The van der Waals surface area contributed by atoms with Gasteiger partial charge in [0, 0.05) is 32.7 Å². The van der Waals surface area contributed by atoms with Gasteiger partial charge in [-0.3, -0.25) is 24.0 Å². The minimum Gasteiger partial charge on any atom is -0.345 e. The fraction of sp³-hybridized carbons (Fsp3) is 0.354. The number of Topliss-reactive ketones (excluding diaryl/α,β-unsaturated/α-hetero) is 1. The van der Waals surface area contributed by atoms with Crippen molar-refractivity contribution in [3.8, 4) is 0 Å². The predicted octanol–water partition coefficient (Wildman–Crippen LogP) is 5.15. The van der Waals surface area contributed by atoms with Crippen LogP contribution in [0.4, 0.5) is 0 Å². The predicted molar refractivity (Wildman–Crippen MR) is 234 cm³/mol. The van der Waals surface area contributed by atoms with Gasteiger partial charge in [0.1, 0.15) is 18.1 Å². The number of carbonyl (C=O) groups is 5. The summed E-state index contributed by atoms with van der Waals surface area (Å²) in [6.07, 6.45) is 3.69. The lowest BCUT2D eigenvalue weighted by atomic mass is 9.97. The maximum absolute atomic E-state index is 14.8. The number of ketones is 1. The number of likely N-dealkylation sites (N-methyl/N-ethyl adjacent to an activating group) is 1. The highest BCUT2D eigenvalue weighted by Crippen LogP contribution is 2.21.